The number of unbranched alkanes of at least 4 members (excludes halogenated alkanes) is 1. The van der Waals surface area contributed by atoms with Crippen molar-refractivity contribution in [3.63, 3.8) is 0 Å². The van der Waals surface area contributed by atoms with Crippen LogP contribution in [0.5, 0.6) is 17.2 Å². The summed E-state index contributed by atoms with van der Waals surface area (Å²) >= 11 is 0. The van der Waals surface area contributed by atoms with Crippen molar-refractivity contribution >= 4 is 5.71 Å². The van der Waals surface area contributed by atoms with Gasteiger partial charge in [0.1, 0.15) is 31.0 Å². The van der Waals surface area contributed by atoms with Crippen LogP contribution in [-0.4, -0.2) is 39.2 Å². The molecule has 0 bridgehead atoms. The van der Waals surface area contributed by atoms with Crippen molar-refractivity contribution in [1.29, 1.82) is 0 Å². The summed E-state index contributed by atoms with van der Waals surface area (Å²) in [5.41, 5.74) is 4.07. The van der Waals surface area contributed by atoms with Crippen molar-refractivity contribution in [2.45, 2.75) is 47.1 Å². The number of benzene rings is 2. The second-order valence-electron chi connectivity index (χ2n) is 7.82. The number of allylic oxidation sites excluding steroid dienone is 1. The zero-order chi connectivity index (χ0) is 23.9. The van der Waals surface area contributed by atoms with Crippen LogP contribution in [0.25, 0.3) is 0 Å². The fourth-order valence-corrected chi connectivity index (χ4v) is 3.21. The molecule has 0 aliphatic carbocycles. The Morgan fingerprint density at radius 1 is 0.909 bits per heavy atom. The topological polar surface area (TPSA) is 58.5 Å². The highest BCUT2D eigenvalue weighted by molar-refractivity contribution is 5.82. The van der Waals surface area contributed by atoms with Crippen LogP contribution in [0.1, 0.15) is 43.4 Å². The van der Waals surface area contributed by atoms with Gasteiger partial charge in [0.2, 0.25) is 0 Å². The molecule has 0 saturated heterocycles. The fourth-order valence-electron chi connectivity index (χ4n) is 3.21. The predicted octanol–water partition coefficient (Wildman–Crippen LogP) is 6.04. The number of hydrogen-bond donors (Lipinski definition) is 0. The molecular weight excluding hydrogens is 418 g/mol. The zero-order valence-corrected chi connectivity index (χ0v) is 20.6. The van der Waals surface area contributed by atoms with Crippen LogP contribution in [0.4, 0.5) is 0 Å². The normalized spacial score (nSPS) is 11.6. The van der Waals surface area contributed by atoms with E-state index in [2.05, 4.69) is 19.0 Å². The Kier molecular flexibility index (Phi) is 11.9. The third kappa shape index (κ3) is 10.00. The van der Waals surface area contributed by atoms with E-state index in [9.17, 15) is 0 Å². The van der Waals surface area contributed by atoms with E-state index in [0.29, 0.717) is 33.0 Å². The van der Waals surface area contributed by atoms with Crippen molar-refractivity contribution in [2.75, 3.05) is 33.5 Å². The van der Waals surface area contributed by atoms with Crippen LogP contribution in [0.3, 0.4) is 0 Å². The molecular formula is C27H37NO5. The van der Waals surface area contributed by atoms with E-state index in [1.807, 2.05) is 62.4 Å². The Hall–Kier alpha value is -2.99. The van der Waals surface area contributed by atoms with Gasteiger partial charge >= 0.3 is 0 Å². The van der Waals surface area contributed by atoms with Gasteiger partial charge in [0.25, 0.3) is 0 Å². The molecule has 180 valence electrons. The van der Waals surface area contributed by atoms with Gasteiger partial charge in [0.05, 0.1) is 32.1 Å². The first-order valence-corrected chi connectivity index (χ1v) is 11.4. The molecule has 33 heavy (non-hydrogen) atoms. The molecule has 0 unspecified atom stereocenters. The summed E-state index contributed by atoms with van der Waals surface area (Å²) in [6.07, 6.45) is 5.81. The van der Waals surface area contributed by atoms with Crippen molar-refractivity contribution in [1.82, 2.24) is 0 Å². The summed E-state index contributed by atoms with van der Waals surface area (Å²) in [7, 11) is 1.53. The molecule has 0 saturated carbocycles. The van der Waals surface area contributed by atoms with Gasteiger partial charge in [-0.25, -0.2) is 0 Å². The van der Waals surface area contributed by atoms with Gasteiger partial charge in [-0.15, -0.1) is 0 Å². The first kappa shape index (κ1) is 26.3. The highest BCUT2D eigenvalue weighted by Crippen LogP contribution is 2.28. The Labute approximate surface area is 198 Å². The summed E-state index contributed by atoms with van der Waals surface area (Å²) in [4.78, 5) is 4.71. The standard InChI is InChI=1S/C27H37NO5/c1-6-7-14-32-26-17-21(2)27(22(3)18-26)33-16-9-8-15-31-25-12-10-24(11-13-25)20-30-19-23(4)28-29-5/h6-7,10-13,17-18H,8-9,14-16,19-20H2,1-5H3/b7-6+,28-23?. The van der Waals surface area contributed by atoms with Crippen LogP contribution in [0, 0.1) is 13.8 Å². The van der Waals surface area contributed by atoms with Gasteiger partial charge in [-0.1, -0.05) is 29.4 Å². The fraction of sp³-hybridized carbons (Fsp3) is 0.444. The molecule has 0 amide bonds. The van der Waals surface area contributed by atoms with E-state index in [1.165, 1.54) is 7.11 Å². The van der Waals surface area contributed by atoms with Crippen LogP contribution >= 0.6 is 0 Å². The van der Waals surface area contributed by atoms with E-state index in [4.69, 9.17) is 23.8 Å². The molecule has 6 heteroatoms. The maximum Gasteiger partial charge on any atom is 0.125 e. The van der Waals surface area contributed by atoms with Gasteiger partial charge in [-0.3, -0.25) is 0 Å². The van der Waals surface area contributed by atoms with E-state index in [1.54, 1.807) is 0 Å². The smallest absolute Gasteiger partial charge is 0.125 e. The van der Waals surface area contributed by atoms with Crippen LogP contribution < -0.4 is 14.2 Å². The molecule has 2 aromatic carbocycles. The summed E-state index contributed by atoms with van der Waals surface area (Å²) in [6, 6.07) is 12.0. The SMILES string of the molecule is C/C=C/COc1cc(C)c(OCCCCOc2ccc(COCC(C)=NOC)cc2)c(C)c1. The molecule has 0 spiro atoms. The first-order valence-electron chi connectivity index (χ1n) is 11.4. The lowest BCUT2D eigenvalue weighted by molar-refractivity contribution is 0.150. The second-order valence-corrected chi connectivity index (χ2v) is 7.82. The summed E-state index contributed by atoms with van der Waals surface area (Å²) < 4.78 is 23.2. The lowest BCUT2D eigenvalue weighted by Gasteiger charge is -2.14. The average molecular weight is 456 g/mol. The van der Waals surface area contributed by atoms with E-state index >= 15 is 0 Å². The third-order valence-electron chi connectivity index (χ3n) is 4.82. The number of oxime groups is 1. The largest absolute Gasteiger partial charge is 0.494 e. The molecule has 0 radical (unpaired) electrons. The van der Waals surface area contributed by atoms with Crippen molar-refractivity contribution in [2.24, 2.45) is 5.16 Å². The van der Waals surface area contributed by atoms with Gasteiger partial charge in [-0.2, -0.15) is 0 Å². The molecule has 2 aromatic rings. The first-order chi connectivity index (χ1) is 16.0. The summed E-state index contributed by atoms with van der Waals surface area (Å²) in [5, 5.41) is 3.82. The van der Waals surface area contributed by atoms with Gasteiger partial charge in [0, 0.05) is 0 Å². The molecule has 0 fully saturated rings. The minimum absolute atomic E-state index is 0.446. The van der Waals surface area contributed by atoms with Gasteiger partial charge < -0.3 is 23.8 Å². The highest BCUT2D eigenvalue weighted by Gasteiger charge is 2.07. The number of hydrogen-bond acceptors (Lipinski definition) is 6. The Bertz CT molecular complexity index is 867. The predicted molar refractivity (Wildman–Crippen MR) is 133 cm³/mol. The monoisotopic (exact) mass is 455 g/mol. The highest BCUT2D eigenvalue weighted by atomic mass is 16.6. The number of rotatable bonds is 15. The van der Waals surface area contributed by atoms with E-state index in [-0.39, 0.29) is 0 Å². The summed E-state index contributed by atoms with van der Waals surface area (Å²) in [6.45, 7) is 10.8. The number of ether oxygens (including phenoxy) is 4. The minimum atomic E-state index is 0.446. The maximum absolute atomic E-state index is 6.03. The molecule has 6 nitrogen and oxygen atoms in total. The van der Waals surface area contributed by atoms with Gasteiger partial charge in [-0.05, 0) is 81.5 Å². The number of aryl methyl sites for hydroxylation is 2. The van der Waals surface area contributed by atoms with Crippen LogP contribution in [0.15, 0.2) is 53.7 Å². The molecule has 0 aliphatic heterocycles. The van der Waals surface area contributed by atoms with E-state index < -0.39 is 0 Å². The van der Waals surface area contributed by atoms with Crippen LogP contribution in [-0.2, 0) is 16.2 Å². The van der Waals surface area contributed by atoms with Crippen molar-refractivity contribution in [3.8, 4) is 17.2 Å². The molecule has 0 atom stereocenters. The van der Waals surface area contributed by atoms with Crippen LogP contribution in [0.2, 0.25) is 0 Å². The molecule has 0 N–H and O–H groups in total. The third-order valence-corrected chi connectivity index (χ3v) is 4.82. The minimum Gasteiger partial charge on any atom is -0.494 e. The van der Waals surface area contributed by atoms with Crippen molar-refractivity contribution < 1.29 is 23.8 Å². The van der Waals surface area contributed by atoms with E-state index in [0.717, 1.165) is 52.5 Å². The molecule has 0 aliphatic rings. The molecule has 0 heterocycles. The van der Waals surface area contributed by atoms with Crippen molar-refractivity contribution in [3.05, 3.63) is 65.2 Å². The number of nitrogens with zero attached hydrogens (tertiary/aromatic N) is 1. The molecule has 2 rings (SSSR count). The van der Waals surface area contributed by atoms with Gasteiger partial charge in [0.15, 0.2) is 0 Å². The Balaban J connectivity index is 1.65. The maximum atomic E-state index is 6.03. The quantitative estimate of drug-likeness (QED) is 0.142. The molecule has 0 aromatic heterocycles. The lowest BCUT2D eigenvalue weighted by Crippen LogP contribution is -2.05. The Morgan fingerprint density at radius 2 is 1.58 bits per heavy atom. The lowest BCUT2D eigenvalue weighted by atomic mass is 10.1. The Morgan fingerprint density at radius 3 is 2.21 bits per heavy atom. The average Bonchev–Trinajstić information content (AvgIpc) is 2.79. The summed E-state index contributed by atoms with van der Waals surface area (Å²) in [5.74, 6) is 2.67. The second kappa shape index (κ2) is 15.0. The zero-order valence-electron chi connectivity index (χ0n) is 20.6.